The molecule has 0 aromatic heterocycles. The van der Waals surface area contributed by atoms with Crippen LogP contribution in [-0.4, -0.2) is 25.6 Å². The van der Waals surface area contributed by atoms with Crippen molar-refractivity contribution in [1.82, 2.24) is 0 Å². The van der Waals surface area contributed by atoms with Crippen LogP contribution in [0.15, 0.2) is 59.7 Å². The summed E-state index contributed by atoms with van der Waals surface area (Å²) in [6, 6.07) is 9.52. The Balaban J connectivity index is 1.96. The summed E-state index contributed by atoms with van der Waals surface area (Å²) in [5.41, 5.74) is 0.883. The van der Waals surface area contributed by atoms with Gasteiger partial charge in [0.2, 0.25) is 5.90 Å². The van der Waals surface area contributed by atoms with Gasteiger partial charge >= 0.3 is 5.97 Å². The normalized spacial score (nSPS) is 14.7. The molecule has 0 saturated carbocycles. The highest BCUT2D eigenvalue weighted by atomic mass is 127. The summed E-state index contributed by atoms with van der Waals surface area (Å²) in [5.74, 6) is -0.110. The molecule has 0 aliphatic carbocycles. The average Bonchev–Trinajstić information content (AvgIpc) is 3.01. The minimum atomic E-state index is -0.644. The summed E-state index contributed by atoms with van der Waals surface area (Å²) in [4.78, 5) is 16.3. The highest BCUT2D eigenvalue weighted by Gasteiger charge is 2.26. The Bertz CT molecular complexity index is 968. The molecule has 7 heteroatoms. The second kappa shape index (κ2) is 8.34. The molecule has 1 heterocycles. The number of ether oxygens (including phenoxy) is 3. The van der Waals surface area contributed by atoms with E-state index in [1.807, 2.05) is 6.07 Å². The van der Waals surface area contributed by atoms with Gasteiger partial charge in [0.25, 0.3) is 0 Å². The van der Waals surface area contributed by atoms with Crippen LogP contribution in [0.4, 0.5) is 4.39 Å². The number of aliphatic imine (C=N–C) groups is 1. The number of hydrogen-bond acceptors (Lipinski definition) is 5. The maximum Gasteiger partial charge on any atom is 0.363 e. The van der Waals surface area contributed by atoms with Gasteiger partial charge in [-0.25, -0.2) is 14.2 Å². The van der Waals surface area contributed by atoms with Crippen LogP contribution in [0, 0.1) is 9.39 Å². The third-order valence-corrected chi connectivity index (χ3v) is 4.43. The first-order chi connectivity index (χ1) is 13.0. The first kappa shape index (κ1) is 19.1. The van der Waals surface area contributed by atoms with Crippen molar-refractivity contribution in [3.05, 3.63) is 75.3 Å². The monoisotopic (exact) mass is 479 g/mol. The van der Waals surface area contributed by atoms with Crippen molar-refractivity contribution in [2.24, 2.45) is 4.99 Å². The Morgan fingerprint density at radius 3 is 2.81 bits per heavy atom. The van der Waals surface area contributed by atoms with Gasteiger partial charge < -0.3 is 14.2 Å². The van der Waals surface area contributed by atoms with E-state index in [0.29, 0.717) is 23.7 Å². The third-order valence-electron chi connectivity index (χ3n) is 3.63. The predicted molar refractivity (Wildman–Crippen MR) is 108 cm³/mol. The molecule has 0 radical (unpaired) electrons. The first-order valence-corrected chi connectivity index (χ1v) is 9.00. The molecule has 5 nitrogen and oxygen atoms in total. The number of carbonyl (C=O) groups is 1. The second-order valence-electron chi connectivity index (χ2n) is 5.45. The smallest absolute Gasteiger partial charge is 0.363 e. The highest BCUT2D eigenvalue weighted by molar-refractivity contribution is 14.1. The van der Waals surface area contributed by atoms with Gasteiger partial charge in [0, 0.05) is 0 Å². The van der Waals surface area contributed by atoms with Crippen molar-refractivity contribution >= 4 is 40.5 Å². The van der Waals surface area contributed by atoms with E-state index < -0.39 is 11.8 Å². The van der Waals surface area contributed by atoms with Crippen LogP contribution in [0.25, 0.3) is 6.08 Å². The van der Waals surface area contributed by atoms with Crippen LogP contribution in [-0.2, 0) is 9.53 Å². The van der Waals surface area contributed by atoms with E-state index in [1.165, 1.54) is 19.2 Å². The topological polar surface area (TPSA) is 57.1 Å². The van der Waals surface area contributed by atoms with Crippen LogP contribution in [0.1, 0.15) is 11.1 Å². The van der Waals surface area contributed by atoms with E-state index in [4.69, 9.17) is 14.2 Å². The molecule has 3 rings (SSSR count). The van der Waals surface area contributed by atoms with Crippen molar-refractivity contribution in [3.63, 3.8) is 0 Å². The fourth-order valence-corrected chi connectivity index (χ4v) is 3.20. The van der Waals surface area contributed by atoms with Gasteiger partial charge in [-0.3, -0.25) is 0 Å². The van der Waals surface area contributed by atoms with E-state index in [2.05, 4.69) is 34.2 Å². The average molecular weight is 479 g/mol. The molecule has 0 saturated heterocycles. The summed E-state index contributed by atoms with van der Waals surface area (Å²) in [6.45, 7) is 3.97. The minimum Gasteiger partial charge on any atom is -0.493 e. The molecule has 2 aromatic carbocycles. The van der Waals surface area contributed by atoms with Crippen LogP contribution >= 0.6 is 22.6 Å². The fourth-order valence-electron chi connectivity index (χ4n) is 2.42. The Labute approximate surface area is 169 Å². The lowest BCUT2D eigenvalue weighted by molar-refractivity contribution is -0.129. The van der Waals surface area contributed by atoms with Crippen LogP contribution in [0.2, 0.25) is 0 Å². The number of esters is 1. The lowest BCUT2D eigenvalue weighted by Gasteiger charge is -2.12. The molecule has 138 valence electrons. The van der Waals surface area contributed by atoms with E-state index in [9.17, 15) is 9.18 Å². The Hall–Kier alpha value is -2.68. The largest absolute Gasteiger partial charge is 0.493 e. The number of benzene rings is 2. The van der Waals surface area contributed by atoms with Crippen molar-refractivity contribution in [3.8, 4) is 11.5 Å². The molecule has 0 fully saturated rings. The first-order valence-electron chi connectivity index (χ1n) is 7.92. The summed E-state index contributed by atoms with van der Waals surface area (Å²) in [6.07, 6.45) is 3.19. The Kier molecular flexibility index (Phi) is 5.90. The Morgan fingerprint density at radius 1 is 1.33 bits per heavy atom. The van der Waals surface area contributed by atoms with Gasteiger partial charge in [0.15, 0.2) is 17.2 Å². The predicted octanol–water partition coefficient (Wildman–Crippen LogP) is 4.35. The van der Waals surface area contributed by atoms with Crippen molar-refractivity contribution in [2.75, 3.05) is 13.7 Å². The maximum absolute atomic E-state index is 13.9. The number of hydrogen-bond donors (Lipinski definition) is 0. The second-order valence-corrected chi connectivity index (χ2v) is 6.61. The summed E-state index contributed by atoms with van der Waals surface area (Å²) in [7, 11) is 1.53. The lowest BCUT2D eigenvalue weighted by Crippen LogP contribution is -2.07. The van der Waals surface area contributed by atoms with Gasteiger partial charge in [-0.1, -0.05) is 24.8 Å². The molecule has 0 amide bonds. The number of methoxy groups -OCH3 is 1. The van der Waals surface area contributed by atoms with E-state index in [-0.39, 0.29) is 17.2 Å². The number of nitrogens with zero attached hydrogens (tertiary/aromatic N) is 1. The standard InChI is InChI=1S/C20H15FINO4/c1-3-8-26-18-15(22)9-12(11-17(18)25-2)10-16-20(24)27-19(23-16)13-6-4-5-7-14(13)21/h3-7,9-11H,1,8H2,2H3/b16-10+. The Morgan fingerprint density at radius 2 is 2.11 bits per heavy atom. The van der Waals surface area contributed by atoms with Crippen LogP contribution in [0.3, 0.4) is 0 Å². The highest BCUT2D eigenvalue weighted by Crippen LogP contribution is 2.35. The zero-order valence-electron chi connectivity index (χ0n) is 14.4. The van der Waals surface area contributed by atoms with Crippen molar-refractivity contribution < 1.29 is 23.4 Å². The molecule has 0 atom stereocenters. The molecule has 2 aromatic rings. The number of halogens is 2. The van der Waals surface area contributed by atoms with Crippen molar-refractivity contribution in [1.29, 1.82) is 0 Å². The summed E-state index contributed by atoms with van der Waals surface area (Å²) >= 11 is 2.11. The van der Waals surface area contributed by atoms with E-state index in [0.717, 1.165) is 3.57 Å². The molecule has 1 aliphatic heterocycles. The molecule has 0 bridgehead atoms. The third kappa shape index (κ3) is 4.19. The quantitative estimate of drug-likeness (QED) is 0.268. The maximum atomic E-state index is 13.9. The van der Waals surface area contributed by atoms with Gasteiger partial charge in [0.1, 0.15) is 12.4 Å². The van der Waals surface area contributed by atoms with E-state index >= 15 is 0 Å². The molecular weight excluding hydrogens is 464 g/mol. The molecule has 0 unspecified atom stereocenters. The molecule has 1 aliphatic rings. The summed E-state index contributed by atoms with van der Waals surface area (Å²) < 4.78 is 30.8. The zero-order valence-corrected chi connectivity index (χ0v) is 16.5. The van der Waals surface area contributed by atoms with Gasteiger partial charge in [-0.2, -0.15) is 0 Å². The lowest BCUT2D eigenvalue weighted by atomic mass is 10.1. The molecule has 0 N–H and O–H groups in total. The SMILES string of the molecule is C=CCOc1c(I)cc(/C=C2/N=C(c3ccccc3F)OC2=O)cc1OC. The summed E-state index contributed by atoms with van der Waals surface area (Å²) in [5, 5.41) is 0. The number of cyclic esters (lactones) is 1. The number of rotatable bonds is 6. The fraction of sp³-hybridized carbons (Fsp3) is 0.100. The molecular formula is C20H15FINO4. The van der Waals surface area contributed by atoms with Gasteiger partial charge in [0.05, 0.1) is 16.2 Å². The zero-order chi connectivity index (χ0) is 19.4. The van der Waals surface area contributed by atoms with Crippen molar-refractivity contribution in [2.45, 2.75) is 0 Å². The minimum absolute atomic E-state index is 0.0584. The van der Waals surface area contributed by atoms with Gasteiger partial charge in [-0.05, 0) is 58.5 Å². The molecule has 27 heavy (non-hydrogen) atoms. The molecule has 0 spiro atoms. The van der Waals surface area contributed by atoms with Gasteiger partial charge in [-0.15, -0.1) is 0 Å². The number of carbonyl (C=O) groups excluding carboxylic acids is 1. The van der Waals surface area contributed by atoms with Crippen LogP contribution in [0.5, 0.6) is 11.5 Å². The van der Waals surface area contributed by atoms with E-state index in [1.54, 1.807) is 30.4 Å². The van der Waals surface area contributed by atoms with Crippen LogP contribution < -0.4 is 9.47 Å².